The number of allylic oxidation sites excluding steroid dienone is 8. The molecule has 1 unspecified atom stereocenters. The zero-order valence-electron chi connectivity index (χ0n) is 16.3. The van der Waals surface area contributed by atoms with Crippen LogP contribution in [0.15, 0.2) is 45.2 Å². The second kappa shape index (κ2) is 9.84. The molecule has 2 rings (SSSR count). The summed E-state index contributed by atoms with van der Waals surface area (Å²) in [6.07, 6.45) is 9.36. The first-order valence-electron chi connectivity index (χ1n) is 9.48. The van der Waals surface area contributed by atoms with Crippen LogP contribution >= 0.6 is 11.8 Å². The molecule has 0 heterocycles. The second-order valence-electron chi connectivity index (χ2n) is 7.64. The number of thiocyanates is 1. The van der Waals surface area contributed by atoms with E-state index in [1.807, 2.05) is 13.0 Å². The number of hydrogen-bond acceptors (Lipinski definition) is 2. The summed E-state index contributed by atoms with van der Waals surface area (Å²) < 4.78 is 14.5. The molecule has 26 heavy (non-hydrogen) atoms. The van der Waals surface area contributed by atoms with Crippen molar-refractivity contribution in [1.82, 2.24) is 0 Å². The van der Waals surface area contributed by atoms with Crippen LogP contribution in [0.4, 0.5) is 4.39 Å². The van der Waals surface area contributed by atoms with Gasteiger partial charge in [0.1, 0.15) is 11.2 Å². The van der Waals surface area contributed by atoms with Crippen LogP contribution in [0.5, 0.6) is 0 Å². The van der Waals surface area contributed by atoms with Gasteiger partial charge in [-0.25, -0.2) is 4.39 Å². The summed E-state index contributed by atoms with van der Waals surface area (Å²) >= 11 is 1.23. The van der Waals surface area contributed by atoms with E-state index in [0.29, 0.717) is 23.8 Å². The Morgan fingerprint density at radius 2 is 1.85 bits per heavy atom. The first-order chi connectivity index (χ1) is 12.4. The minimum atomic E-state index is -0.153. The quantitative estimate of drug-likeness (QED) is 0.377. The van der Waals surface area contributed by atoms with Crippen LogP contribution in [-0.4, -0.2) is 0 Å². The van der Waals surface area contributed by atoms with Gasteiger partial charge in [0.05, 0.1) is 0 Å². The van der Waals surface area contributed by atoms with Gasteiger partial charge in [-0.1, -0.05) is 44.6 Å². The maximum atomic E-state index is 14.5. The van der Waals surface area contributed by atoms with E-state index in [4.69, 9.17) is 5.26 Å². The van der Waals surface area contributed by atoms with E-state index in [2.05, 4.69) is 38.0 Å². The van der Waals surface area contributed by atoms with Crippen LogP contribution in [0.1, 0.15) is 66.2 Å². The molecule has 0 bridgehead atoms. The third-order valence-electron chi connectivity index (χ3n) is 5.07. The smallest absolute Gasteiger partial charge is 0.138 e. The Balaban J connectivity index is 2.08. The van der Waals surface area contributed by atoms with Gasteiger partial charge in [0.25, 0.3) is 0 Å². The Kier molecular flexibility index (Phi) is 7.80. The zero-order chi connectivity index (χ0) is 19.1. The molecule has 0 aromatic carbocycles. The Morgan fingerprint density at radius 1 is 1.08 bits per heavy atom. The highest BCUT2D eigenvalue weighted by Crippen LogP contribution is 2.33. The van der Waals surface area contributed by atoms with Gasteiger partial charge >= 0.3 is 0 Å². The summed E-state index contributed by atoms with van der Waals surface area (Å²) in [6.45, 7) is 8.68. The third-order valence-corrected chi connectivity index (χ3v) is 5.93. The van der Waals surface area contributed by atoms with Crippen LogP contribution in [0, 0.1) is 34.3 Å². The lowest BCUT2D eigenvalue weighted by molar-refractivity contribution is 0.476. The molecule has 0 fully saturated rings. The van der Waals surface area contributed by atoms with Crippen molar-refractivity contribution in [3.63, 3.8) is 0 Å². The van der Waals surface area contributed by atoms with Crippen LogP contribution in [0.25, 0.3) is 0 Å². The molecule has 1 atom stereocenters. The van der Waals surface area contributed by atoms with E-state index in [-0.39, 0.29) is 5.83 Å². The lowest BCUT2D eigenvalue weighted by Crippen LogP contribution is -2.06. The molecule has 0 N–H and O–H groups in total. The van der Waals surface area contributed by atoms with Crippen LogP contribution < -0.4 is 0 Å². The van der Waals surface area contributed by atoms with Crippen LogP contribution in [-0.2, 0) is 0 Å². The van der Waals surface area contributed by atoms with Crippen LogP contribution in [0.2, 0.25) is 0 Å². The van der Waals surface area contributed by atoms with Crippen molar-refractivity contribution < 1.29 is 4.39 Å². The Morgan fingerprint density at radius 3 is 2.46 bits per heavy atom. The van der Waals surface area contributed by atoms with Gasteiger partial charge in [0.15, 0.2) is 0 Å². The van der Waals surface area contributed by atoms with E-state index in [9.17, 15) is 4.39 Å². The fourth-order valence-corrected chi connectivity index (χ4v) is 3.82. The number of hydrogen-bond donors (Lipinski definition) is 0. The molecule has 0 aliphatic heterocycles. The van der Waals surface area contributed by atoms with Crippen molar-refractivity contribution in [1.29, 1.82) is 5.26 Å². The predicted molar refractivity (Wildman–Crippen MR) is 110 cm³/mol. The fraction of sp³-hybridized carbons (Fsp3) is 0.522. The van der Waals surface area contributed by atoms with E-state index in [1.165, 1.54) is 23.8 Å². The largest absolute Gasteiger partial charge is 0.206 e. The molecule has 0 radical (unpaired) electrons. The summed E-state index contributed by atoms with van der Waals surface area (Å²) in [5, 5.41) is 10.9. The normalized spacial score (nSPS) is 18.8. The molecule has 0 aromatic heterocycles. The summed E-state index contributed by atoms with van der Waals surface area (Å²) in [4.78, 5) is 1.11. The van der Waals surface area contributed by atoms with Gasteiger partial charge in [0, 0.05) is 16.1 Å². The SMILES string of the molecule is CC1=C(SC#N)CCC(C#CC2=C(F)C=C(C(C)CCC(C)C)CC2)=C1. The maximum absolute atomic E-state index is 14.5. The molecule has 2 aliphatic rings. The molecule has 1 nitrogen and oxygen atoms in total. The highest BCUT2D eigenvalue weighted by molar-refractivity contribution is 8.07. The Hall–Kier alpha value is -1.71. The Bertz CT molecular complexity index is 762. The lowest BCUT2D eigenvalue weighted by Gasteiger charge is -2.20. The maximum Gasteiger partial charge on any atom is 0.138 e. The van der Waals surface area contributed by atoms with Gasteiger partial charge in [-0.3, -0.25) is 0 Å². The van der Waals surface area contributed by atoms with E-state index < -0.39 is 0 Å². The van der Waals surface area contributed by atoms with Crippen molar-refractivity contribution in [2.75, 3.05) is 0 Å². The average Bonchev–Trinajstić information content (AvgIpc) is 2.60. The minimum absolute atomic E-state index is 0.153. The van der Waals surface area contributed by atoms with Gasteiger partial charge < -0.3 is 0 Å². The molecule has 0 saturated heterocycles. The molecule has 0 saturated carbocycles. The fourth-order valence-electron chi connectivity index (χ4n) is 3.29. The van der Waals surface area contributed by atoms with E-state index in [1.54, 1.807) is 6.08 Å². The lowest BCUT2D eigenvalue weighted by atomic mass is 9.86. The van der Waals surface area contributed by atoms with Crippen molar-refractivity contribution in [3.05, 3.63) is 45.2 Å². The monoisotopic (exact) mass is 369 g/mol. The van der Waals surface area contributed by atoms with Crippen molar-refractivity contribution in [2.45, 2.75) is 66.2 Å². The number of nitriles is 1. The number of nitrogens with zero attached hydrogens (tertiary/aromatic N) is 1. The molecule has 3 heteroatoms. The van der Waals surface area contributed by atoms with E-state index in [0.717, 1.165) is 41.7 Å². The first-order valence-corrected chi connectivity index (χ1v) is 10.3. The van der Waals surface area contributed by atoms with Crippen molar-refractivity contribution >= 4 is 11.8 Å². The molecular weight excluding hydrogens is 341 g/mol. The Labute approximate surface area is 162 Å². The molecule has 138 valence electrons. The first kappa shape index (κ1) is 20.6. The zero-order valence-corrected chi connectivity index (χ0v) is 17.1. The van der Waals surface area contributed by atoms with Gasteiger partial charge in [-0.2, -0.15) is 5.26 Å². The molecule has 0 aromatic rings. The highest BCUT2D eigenvalue weighted by Gasteiger charge is 2.17. The topological polar surface area (TPSA) is 23.8 Å². The summed E-state index contributed by atoms with van der Waals surface area (Å²) in [5.41, 5.74) is 3.99. The van der Waals surface area contributed by atoms with Crippen molar-refractivity contribution in [2.24, 2.45) is 11.8 Å². The highest BCUT2D eigenvalue weighted by atomic mass is 32.2. The standard InChI is InChI=1S/C23H28FNS/c1-16(2)5-6-17(3)21-11-10-20(22(24)14-21)9-7-19-8-12-23(26-15-25)18(4)13-19/h13-14,16-17H,5-6,8,10-12H2,1-4H3. The molecule has 0 spiro atoms. The van der Waals surface area contributed by atoms with Crippen LogP contribution in [0.3, 0.4) is 0 Å². The third kappa shape index (κ3) is 5.93. The summed E-state index contributed by atoms with van der Waals surface area (Å²) in [6, 6.07) is 0. The van der Waals surface area contributed by atoms with Gasteiger partial charge in [-0.05, 0) is 80.4 Å². The number of rotatable bonds is 5. The number of thioether (sulfide) groups is 1. The van der Waals surface area contributed by atoms with Gasteiger partial charge in [0.2, 0.25) is 0 Å². The second-order valence-corrected chi connectivity index (χ2v) is 8.52. The predicted octanol–water partition coefficient (Wildman–Crippen LogP) is 7.21. The minimum Gasteiger partial charge on any atom is -0.206 e. The average molecular weight is 370 g/mol. The van der Waals surface area contributed by atoms with Crippen molar-refractivity contribution in [3.8, 4) is 17.2 Å². The summed E-state index contributed by atoms with van der Waals surface area (Å²) in [5.74, 6) is 7.21. The van der Waals surface area contributed by atoms with Gasteiger partial charge in [-0.15, -0.1) is 0 Å². The molecule has 0 amide bonds. The number of halogens is 1. The van der Waals surface area contributed by atoms with E-state index >= 15 is 0 Å². The molecule has 2 aliphatic carbocycles. The molecular formula is C23H28FNS. The summed E-state index contributed by atoms with van der Waals surface area (Å²) in [7, 11) is 0.